The molecular weight excluding hydrogens is 244 g/mol. The topological polar surface area (TPSA) is 17.1 Å². The number of benzene rings is 1. The molecule has 0 radical (unpaired) electrons. The van der Waals surface area contributed by atoms with E-state index in [0.29, 0.717) is 0 Å². The molecule has 0 unspecified atom stereocenters. The molecule has 1 aromatic rings. The SMILES string of the molecule is C.C/C(C=O)=C\c1cc(C)ccc1C.CCC(C)CC. The Bertz CT molecular complexity index is 412. The molecule has 0 amide bonds. The first kappa shape index (κ1) is 20.9. The van der Waals surface area contributed by atoms with Gasteiger partial charge >= 0.3 is 0 Å². The Morgan fingerprint density at radius 1 is 1.20 bits per heavy atom. The number of aldehydes is 1. The number of allylic oxidation sites excluding steroid dienone is 1. The van der Waals surface area contributed by atoms with Crippen LogP contribution >= 0.6 is 0 Å². The van der Waals surface area contributed by atoms with E-state index in [0.717, 1.165) is 23.3 Å². The third-order valence-corrected chi connectivity index (χ3v) is 3.40. The first-order valence-corrected chi connectivity index (χ1v) is 7.15. The first-order valence-electron chi connectivity index (χ1n) is 7.15. The summed E-state index contributed by atoms with van der Waals surface area (Å²) in [4.78, 5) is 10.4. The van der Waals surface area contributed by atoms with Gasteiger partial charge in [0.15, 0.2) is 0 Å². The summed E-state index contributed by atoms with van der Waals surface area (Å²) in [5, 5.41) is 0. The summed E-state index contributed by atoms with van der Waals surface area (Å²) in [5.74, 6) is 0.935. The second-order valence-electron chi connectivity index (χ2n) is 5.29. The van der Waals surface area contributed by atoms with Crippen molar-refractivity contribution in [1.82, 2.24) is 0 Å². The van der Waals surface area contributed by atoms with Gasteiger partial charge in [0, 0.05) is 0 Å². The number of carbonyl (C=O) groups excluding carboxylic acids is 1. The predicted octanol–water partition coefficient (Wildman–Crippen LogP) is 5.98. The standard InChI is InChI=1S/C12H14O.C6H14.CH4/c1-9-4-5-11(3)12(6-9)7-10(2)8-13;1-4-6(3)5-2;/h4-8H,1-3H3;6H,4-5H2,1-3H3;1H4/b10-7+;;. The average molecular weight is 276 g/mol. The minimum atomic E-state index is 0. The highest BCUT2D eigenvalue weighted by Gasteiger charge is 1.95. The number of hydrogen-bond donors (Lipinski definition) is 0. The van der Waals surface area contributed by atoms with Crippen LogP contribution in [-0.4, -0.2) is 6.29 Å². The Kier molecular flexibility index (Phi) is 12.0. The largest absolute Gasteiger partial charge is 0.298 e. The Balaban J connectivity index is 0. The fraction of sp³-hybridized carbons (Fsp3) is 0.526. The van der Waals surface area contributed by atoms with E-state index >= 15 is 0 Å². The maximum Gasteiger partial charge on any atom is 0.145 e. The van der Waals surface area contributed by atoms with Gasteiger partial charge in [-0.15, -0.1) is 0 Å². The molecule has 0 aliphatic rings. The smallest absolute Gasteiger partial charge is 0.145 e. The van der Waals surface area contributed by atoms with Gasteiger partial charge in [0.2, 0.25) is 0 Å². The minimum Gasteiger partial charge on any atom is -0.298 e. The monoisotopic (exact) mass is 276 g/mol. The van der Waals surface area contributed by atoms with E-state index in [4.69, 9.17) is 0 Å². The summed E-state index contributed by atoms with van der Waals surface area (Å²) in [5.41, 5.74) is 4.31. The van der Waals surface area contributed by atoms with Gasteiger partial charge in [0.1, 0.15) is 6.29 Å². The molecule has 0 atom stereocenters. The Morgan fingerprint density at radius 2 is 1.75 bits per heavy atom. The van der Waals surface area contributed by atoms with Gasteiger partial charge in [0.05, 0.1) is 0 Å². The van der Waals surface area contributed by atoms with Crippen LogP contribution in [0.25, 0.3) is 6.08 Å². The van der Waals surface area contributed by atoms with E-state index in [1.807, 2.05) is 26.8 Å². The summed E-state index contributed by atoms with van der Waals surface area (Å²) < 4.78 is 0. The van der Waals surface area contributed by atoms with Gasteiger partial charge in [-0.2, -0.15) is 0 Å². The van der Waals surface area contributed by atoms with Crippen LogP contribution in [0.15, 0.2) is 23.8 Å². The maximum atomic E-state index is 10.4. The highest BCUT2D eigenvalue weighted by Crippen LogP contribution is 2.13. The van der Waals surface area contributed by atoms with Crippen molar-refractivity contribution in [2.24, 2.45) is 5.92 Å². The summed E-state index contributed by atoms with van der Waals surface area (Å²) in [7, 11) is 0. The minimum absolute atomic E-state index is 0. The zero-order chi connectivity index (χ0) is 14.8. The van der Waals surface area contributed by atoms with Crippen molar-refractivity contribution in [3.8, 4) is 0 Å². The molecule has 1 heteroatoms. The number of aryl methyl sites for hydroxylation is 2. The van der Waals surface area contributed by atoms with Gasteiger partial charge < -0.3 is 0 Å². The van der Waals surface area contributed by atoms with E-state index in [2.05, 4.69) is 39.0 Å². The van der Waals surface area contributed by atoms with Gasteiger partial charge in [-0.25, -0.2) is 0 Å². The Labute approximate surface area is 126 Å². The van der Waals surface area contributed by atoms with Crippen LogP contribution < -0.4 is 0 Å². The molecule has 0 aliphatic heterocycles. The molecule has 0 spiro atoms. The predicted molar refractivity (Wildman–Crippen MR) is 92.1 cm³/mol. The molecule has 1 nitrogen and oxygen atoms in total. The lowest BCUT2D eigenvalue weighted by molar-refractivity contribution is -0.104. The number of carbonyl (C=O) groups is 1. The lowest BCUT2D eigenvalue weighted by Crippen LogP contribution is -1.85. The molecule has 114 valence electrons. The van der Waals surface area contributed by atoms with Crippen LogP contribution in [0.5, 0.6) is 0 Å². The van der Waals surface area contributed by atoms with Crippen molar-refractivity contribution in [2.75, 3.05) is 0 Å². The van der Waals surface area contributed by atoms with E-state index in [1.54, 1.807) is 0 Å². The van der Waals surface area contributed by atoms with Crippen LogP contribution in [0.2, 0.25) is 0 Å². The summed E-state index contributed by atoms with van der Waals surface area (Å²) in [6.07, 6.45) is 5.45. The Morgan fingerprint density at radius 3 is 2.15 bits per heavy atom. The van der Waals surface area contributed by atoms with Crippen LogP contribution in [0, 0.1) is 19.8 Å². The molecule has 20 heavy (non-hydrogen) atoms. The molecule has 0 saturated heterocycles. The molecule has 0 aromatic heterocycles. The molecule has 1 rings (SSSR count). The molecular formula is C19H32O. The lowest BCUT2D eigenvalue weighted by Gasteiger charge is -2.01. The fourth-order valence-corrected chi connectivity index (χ4v) is 1.48. The Hall–Kier alpha value is -1.37. The molecule has 1 aromatic carbocycles. The van der Waals surface area contributed by atoms with Gasteiger partial charge in [0.25, 0.3) is 0 Å². The molecule has 0 fully saturated rings. The van der Waals surface area contributed by atoms with Crippen LogP contribution in [-0.2, 0) is 4.79 Å². The lowest BCUT2D eigenvalue weighted by atomic mass is 10.0. The second kappa shape index (κ2) is 11.5. The van der Waals surface area contributed by atoms with Crippen molar-refractivity contribution in [3.05, 3.63) is 40.5 Å². The zero-order valence-corrected chi connectivity index (χ0v) is 13.3. The van der Waals surface area contributed by atoms with Crippen molar-refractivity contribution in [1.29, 1.82) is 0 Å². The van der Waals surface area contributed by atoms with Gasteiger partial charge in [-0.1, -0.05) is 64.8 Å². The third kappa shape index (κ3) is 8.68. The quantitative estimate of drug-likeness (QED) is 0.488. The van der Waals surface area contributed by atoms with E-state index < -0.39 is 0 Å². The van der Waals surface area contributed by atoms with E-state index in [9.17, 15) is 4.79 Å². The molecule has 0 bridgehead atoms. The van der Waals surface area contributed by atoms with Crippen molar-refractivity contribution in [3.63, 3.8) is 0 Å². The summed E-state index contributed by atoms with van der Waals surface area (Å²) in [6.45, 7) is 12.6. The second-order valence-corrected chi connectivity index (χ2v) is 5.29. The number of hydrogen-bond acceptors (Lipinski definition) is 1. The summed E-state index contributed by atoms with van der Waals surface area (Å²) >= 11 is 0. The highest BCUT2D eigenvalue weighted by atomic mass is 16.1. The summed E-state index contributed by atoms with van der Waals surface area (Å²) in [6, 6.07) is 6.23. The first-order chi connectivity index (χ1) is 8.94. The highest BCUT2D eigenvalue weighted by molar-refractivity contribution is 5.81. The average Bonchev–Trinajstić information content (AvgIpc) is 2.42. The number of rotatable bonds is 4. The van der Waals surface area contributed by atoms with Crippen LogP contribution in [0.3, 0.4) is 0 Å². The van der Waals surface area contributed by atoms with Gasteiger partial charge in [-0.3, -0.25) is 4.79 Å². The molecule has 0 heterocycles. The van der Waals surface area contributed by atoms with E-state index in [1.165, 1.54) is 24.0 Å². The molecule has 0 N–H and O–H groups in total. The van der Waals surface area contributed by atoms with Crippen LogP contribution in [0.4, 0.5) is 0 Å². The fourth-order valence-electron chi connectivity index (χ4n) is 1.48. The molecule has 0 aliphatic carbocycles. The third-order valence-electron chi connectivity index (χ3n) is 3.40. The van der Waals surface area contributed by atoms with Gasteiger partial charge in [-0.05, 0) is 49.5 Å². The maximum absolute atomic E-state index is 10.4. The molecule has 0 saturated carbocycles. The van der Waals surface area contributed by atoms with E-state index in [-0.39, 0.29) is 7.43 Å². The van der Waals surface area contributed by atoms with Crippen molar-refractivity contribution < 1.29 is 4.79 Å². The van der Waals surface area contributed by atoms with Crippen LogP contribution in [0.1, 0.15) is 64.7 Å². The van der Waals surface area contributed by atoms with Crippen molar-refractivity contribution >= 4 is 12.4 Å². The van der Waals surface area contributed by atoms with Crippen molar-refractivity contribution in [2.45, 2.75) is 61.8 Å². The zero-order valence-electron chi connectivity index (χ0n) is 13.3. The normalized spacial score (nSPS) is 10.4.